The molecule has 31 heavy (non-hydrogen) atoms. The monoisotopic (exact) mass is 453 g/mol. The molecule has 8 heteroatoms. The molecule has 5 heterocycles. The molecule has 3 aliphatic heterocycles. The minimum absolute atomic E-state index is 0.214. The number of benzene rings is 2. The van der Waals surface area contributed by atoms with Crippen LogP contribution in [0.15, 0.2) is 41.2 Å². The number of imidazole rings is 1. The largest absolute Gasteiger partial charge is 0.379 e. The molecule has 3 aliphatic rings. The fourth-order valence-electron chi connectivity index (χ4n) is 5.08. The van der Waals surface area contributed by atoms with E-state index in [-0.39, 0.29) is 11.6 Å². The van der Waals surface area contributed by atoms with Crippen LogP contribution >= 0.6 is 23.2 Å². The SMILES string of the molecule is O=c1[nH]c2ccc(Cl)c(Cl)c2c(N[C@@H]2CN3CCC2CC3)c1-c1nc2ccccc2[nH]1. The zero-order valence-corrected chi connectivity index (χ0v) is 18.2. The first-order valence-electron chi connectivity index (χ1n) is 10.6. The summed E-state index contributed by atoms with van der Waals surface area (Å²) in [7, 11) is 0. The third kappa shape index (κ3) is 3.13. The van der Waals surface area contributed by atoms with E-state index in [2.05, 4.69) is 20.2 Å². The number of fused-ring (bicyclic) bond motifs is 5. The Balaban J connectivity index is 1.60. The summed E-state index contributed by atoms with van der Waals surface area (Å²) in [5, 5.41) is 5.31. The Morgan fingerprint density at radius 2 is 1.84 bits per heavy atom. The summed E-state index contributed by atoms with van der Waals surface area (Å²) >= 11 is 13.1. The molecular formula is C23H21Cl2N5O. The van der Waals surface area contributed by atoms with Crippen molar-refractivity contribution in [3.63, 3.8) is 0 Å². The first-order valence-corrected chi connectivity index (χ1v) is 11.3. The van der Waals surface area contributed by atoms with Gasteiger partial charge in [-0.15, -0.1) is 0 Å². The zero-order chi connectivity index (χ0) is 21.1. The summed E-state index contributed by atoms with van der Waals surface area (Å²) in [4.78, 5) is 26.7. The molecule has 6 nitrogen and oxygen atoms in total. The highest BCUT2D eigenvalue weighted by Crippen LogP contribution is 2.40. The summed E-state index contributed by atoms with van der Waals surface area (Å²) in [6.45, 7) is 3.24. The number of pyridine rings is 1. The molecule has 3 fully saturated rings. The lowest BCUT2D eigenvalue weighted by Crippen LogP contribution is -2.53. The fraction of sp³-hybridized carbons (Fsp3) is 0.304. The third-order valence-electron chi connectivity index (χ3n) is 6.68. The van der Waals surface area contributed by atoms with E-state index < -0.39 is 0 Å². The minimum atomic E-state index is -0.214. The van der Waals surface area contributed by atoms with E-state index in [1.807, 2.05) is 24.3 Å². The number of hydrogen-bond acceptors (Lipinski definition) is 4. The van der Waals surface area contributed by atoms with E-state index in [1.54, 1.807) is 12.1 Å². The van der Waals surface area contributed by atoms with Crippen molar-refractivity contribution in [1.29, 1.82) is 0 Å². The molecule has 0 aliphatic carbocycles. The summed E-state index contributed by atoms with van der Waals surface area (Å²) < 4.78 is 0. The van der Waals surface area contributed by atoms with E-state index >= 15 is 0 Å². The predicted octanol–water partition coefficient (Wildman–Crippen LogP) is 4.88. The van der Waals surface area contributed by atoms with E-state index in [9.17, 15) is 4.79 Å². The Morgan fingerprint density at radius 1 is 1.03 bits per heavy atom. The van der Waals surface area contributed by atoms with Crippen LogP contribution in [0.3, 0.4) is 0 Å². The first kappa shape index (κ1) is 19.2. The lowest BCUT2D eigenvalue weighted by molar-refractivity contribution is 0.0976. The van der Waals surface area contributed by atoms with Crippen LogP contribution in [-0.4, -0.2) is 45.5 Å². The highest BCUT2D eigenvalue weighted by Gasteiger charge is 2.35. The molecule has 1 atom stereocenters. The van der Waals surface area contributed by atoms with Crippen LogP contribution in [-0.2, 0) is 0 Å². The smallest absolute Gasteiger partial charge is 0.261 e. The van der Waals surface area contributed by atoms with Gasteiger partial charge < -0.3 is 20.2 Å². The van der Waals surface area contributed by atoms with Crippen molar-refractivity contribution in [2.45, 2.75) is 18.9 Å². The number of hydrogen-bond donors (Lipinski definition) is 3. The molecule has 0 amide bonds. The summed E-state index contributed by atoms with van der Waals surface area (Å²) in [5.74, 6) is 1.09. The van der Waals surface area contributed by atoms with Gasteiger partial charge in [0.1, 0.15) is 11.4 Å². The average molecular weight is 454 g/mol. The number of aromatic amines is 2. The van der Waals surface area contributed by atoms with Crippen LogP contribution < -0.4 is 10.9 Å². The molecule has 4 aromatic rings. The quantitative estimate of drug-likeness (QED) is 0.412. The van der Waals surface area contributed by atoms with Gasteiger partial charge in [-0.05, 0) is 56.1 Å². The number of halogens is 2. The van der Waals surface area contributed by atoms with Crippen molar-refractivity contribution in [2.75, 3.05) is 25.0 Å². The lowest BCUT2D eigenvalue weighted by atomic mass is 9.83. The Bertz CT molecular complexity index is 1340. The molecule has 0 unspecified atom stereocenters. The van der Waals surface area contributed by atoms with Gasteiger partial charge in [0.2, 0.25) is 0 Å². The van der Waals surface area contributed by atoms with Gasteiger partial charge in [0.05, 0.1) is 32.3 Å². The van der Waals surface area contributed by atoms with Crippen molar-refractivity contribution in [2.24, 2.45) is 5.92 Å². The second-order valence-electron chi connectivity index (χ2n) is 8.48. The van der Waals surface area contributed by atoms with Crippen LogP contribution in [0.1, 0.15) is 12.8 Å². The molecule has 2 bridgehead atoms. The van der Waals surface area contributed by atoms with Gasteiger partial charge in [-0.25, -0.2) is 4.98 Å². The summed E-state index contributed by atoms with van der Waals surface area (Å²) in [6.07, 6.45) is 2.32. The molecule has 0 spiro atoms. The Morgan fingerprint density at radius 3 is 2.58 bits per heavy atom. The standard InChI is InChI=1S/C23H21Cl2N5O/c24-13-5-6-16-18(20(13)25)21(26-17-11-30-9-7-12(17)8-10-30)19(23(31)29-16)22-27-14-3-1-2-4-15(14)28-22/h1-6,12,17H,7-11H2,(H,27,28)(H2,26,29,31)/t17-/m1/s1. The number of piperidine rings is 3. The number of H-pyrrole nitrogens is 2. The number of anilines is 1. The molecular weight excluding hydrogens is 433 g/mol. The third-order valence-corrected chi connectivity index (χ3v) is 7.49. The van der Waals surface area contributed by atoms with Gasteiger partial charge >= 0.3 is 0 Å². The second-order valence-corrected chi connectivity index (χ2v) is 9.26. The highest BCUT2D eigenvalue weighted by molar-refractivity contribution is 6.46. The number of nitrogens with one attached hydrogen (secondary N) is 3. The van der Waals surface area contributed by atoms with Crippen molar-refractivity contribution < 1.29 is 0 Å². The minimum Gasteiger partial charge on any atom is -0.379 e. The van der Waals surface area contributed by atoms with Gasteiger partial charge in [-0.1, -0.05) is 35.3 Å². The zero-order valence-electron chi connectivity index (χ0n) is 16.7. The van der Waals surface area contributed by atoms with Crippen LogP contribution in [0.2, 0.25) is 10.0 Å². The fourth-order valence-corrected chi connectivity index (χ4v) is 5.49. The Labute approximate surface area is 188 Å². The average Bonchev–Trinajstić information content (AvgIpc) is 3.20. The maximum Gasteiger partial charge on any atom is 0.261 e. The second kappa shape index (κ2) is 7.26. The summed E-state index contributed by atoms with van der Waals surface area (Å²) in [6, 6.07) is 11.5. The van der Waals surface area contributed by atoms with Crippen molar-refractivity contribution in [3.8, 4) is 11.4 Å². The van der Waals surface area contributed by atoms with E-state index in [0.29, 0.717) is 38.6 Å². The van der Waals surface area contributed by atoms with Gasteiger partial charge in [0.15, 0.2) is 0 Å². The van der Waals surface area contributed by atoms with Crippen LogP contribution in [0.25, 0.3) is 33.3 Å². The normalized spacial score (nSPS) is 23.0. The molecule has 0 radical (unpaired) electrons. The van der Waals surface area contributed by atoms with E-state index in [1.165, 1.54) is 0 Å². The van der Waals surface area contributed by atoms with Crippen LogP contribution in [0.5, 0.6) is 0 Å². The molecule has 2 aromatic heterocycles. The highest BCUT2D eigenvalue weighted by atomic mass is 35.5. The Kier molecular flexibility index (Phi) is 4.49. The van der Waals surface area contributed by atoms with Gasteiger partial charge in [-0.2, -0.15) is 0 Å². The van der Waals surface area contributed by atoms with Crippen molar-refractivity contribution in [3.05, 3.63) is 56.8 Å². The topological polar surface area (TPSA) is 76.8 Å². The maximum absolute atomic E-state index is 13.3. The molecule has 0 saturated carbocycles. The van der Waals surface area contributed by atoms with Crippen LogP contribution in [0, 0.1) is 5.92 Å². The van der Waals surface area contributed by atoms with Gasteiger partial charge in [-0.3, -0.25) is 4.79 Å². The molecule has 3 saturated heterocycles. The first-order chi connectivity index (χ1) is 15.1. The predicted molar refractivity (Wildman–Crippen MR) is 126 cm³/mol. The van der Waals surface area contributed by atoms with Crippen molar-refractivity contribution in [1.82, 2.24) is 19.9 Å². The summed E-state index contributed by atoms with van der Waals surface area (Å²) in [5.41, 5.74) is 3.29. The van der Waals surface area contributed by atoms with Crippen LogP contribution in [0.4, 0.5) is 5.69 Å². The Hall–Kier alpha value is -2.54. The lowest BCUT2D eigenvalue weighted by Gasteiger charge is -2.45. The van der Waals surface area contributed by atoms with Gasteiger partial charge in [0.25, 0.3) is 5.56 Å². The molecule has 3 N–H and O–H groups in total. The van der Waals surface area contributed by atoms with Gasteiger partial charge in [0, 0.05) is 18.0 Å². The molecule has 158 valence electrons. The van der Waals surface area contributed by atoms with Crippen molar-refractivity contribution >= 4 is 50.8 Å². The van der Waals surface area contributed by atoms with E-state index in [0.717, 1.165) is 48.9 Å². The van der Waals surface area contributed by atoms with E-state index in [4.69, 9.17) is 28.2 Å². The molecule has 7 rings (SSSR count). The number of rotatable bonds is 3. The maximum atomic E-state index is 13.3. The number of para-hydroxylation sites is 2. The number of nitrogens with zero attached hydrogens (tertiary/aromatic N) is 2. The number of aromatic nitrogens is 3. The molecule has 2 aromatic carbocycles.